The van der Waals surface area contributed by atoms with Crippen LogP contribution in [0.5, 0.6) is 0 Å². The van der Waals surface area contributed by atoms with Gasteiger partial charge in [-0.05, 0) is 31.9 Å². The Bertz CT molecular complexity index is 663. The Morgan fingerprint density at radius 2 is 1.87 bits per heavy atom. The smallest absolute Gasteiger partial charge is 0.257 e. The first kappa shape index (κ1) is 15.8. The van der Waals surface area contributed by atoms with E-state index >= 15 is 0 Å². The van der Waals surface area contributed by atoms with Crippen molar-refractivity contribution in [3.05, 3.63) is 59.0 Å². The molecule has 0 radical (unpaired) electrons. The molecule has 4 nitrogen and oxygen atoms in total. The summed E-state index contributed by atoms with van der Waals surface area (Å²) >= 11 is 0. The molecule has 0 saturated carbocycles. The standard InChI is InChI=1S/C19H24N2O2/c1-15-13-18(16(2)23-15)19(22)21-10-6-9-20(11-12-21)14-17-7-4-3-5-8-17/h3-5,7-8,13H,6,9-12,14H2,1-2H3. The SMILES string of the molecule is Cc1cc(C(=O)N2CCCN(Cc3ccccc3)CC2)c(C)o1. The second-order valence-corrected chi connectivity index (χ2v) is 6.23. The van der Waals surface area contributed by atoms with E-state index in [1.807, 2.05) is 30.9 Å². The first-order valence-corrected chi connectivity index (χ1v) is 8.26. The van der Waals surface area contributed by atoms with E-state index in [4.69, 9.17) is 4.42 Å². The Morgan fingerprint density at radius 1 is 1.09 bits per heavy atom. The maximum absolute atomic E-state index is 12.7. The second-order valence-electron chi connectivity index (χ2n) is 6.23. The second kappa shape index (κ2) is 7.01. The van der Waals surface area contributed by atoms with Gasteiger partial charge in [0.15, 0.2) is 0 Å². The van der Waals surface area contributed by atoms with E-state index in [9.17, 15) is 4.79 Å². The van der Waals surface area contributed by atoms with E-state index in [-0.39, 0.29) is 5.91 Å². The molecule has 0 spiro atoms. The molecule has 0 N–H and O–H groups in total. The van der Waals surface area contributed by atoms with E-state index in [0.717, 1.165) is 50.7 Å². The molecule has 2 heterocycles. The fourth-order valence-electron chi connectivity index (χ4n) is 3.19. The maximum atomic E-state index is 12.7. The molecule has 122 valence electrons. The van der Waals surface area contributed by atoms with Gasteiger partial charge in [-0.1, -0.05) is 30.3 Å². The number of furan rings is 1. The predicted molar refractivity (Wildman–Crippen MR) is 90.4 cm³/mol. The number of hydrogen-bond donors (Lipinski definition) is 0. The highest BCUT2D eigenvalue weighted by molar-refractivity contribution is 5.95. The Balaban J connectivity index is 1.62. The molecule has 1 aliphatic rings. The zero-order chi connectivity index (χ0) is 16.2. The van der Waals surface area contributed by atoms with E-state index in [1.54, 1.807) is 0 Å². The molecule has 3 rings (SSSR count). The van der Waals surface area contributed by atoms with Crippen molar-refractivity contribution in [1.29, 1.82) is 0 Å². The van der Waals surface area contributed by atoms with Crippen LogP contribution in [0.4, 0.5) is 0 Å². The fraction of sp³-hybridized carbons (Fsp3) is 0.421. The highest BCUT2D eigenvalue weighted by Gasteiger charge is 2.23. The Labute approximate surface area is 137 Å². The van der Waals surface area contributed by atoms with Crippen LogP contribution in [0.1, 0.15) is 33.9 Å². The van der Waals surface area contributed by atoms with Crippen molar-refractivity contribution in [2.45, 2.75) is 26.8 Å². The number of rotatable bonds is 3. The van der Waals surface area contributed by atoms with Gasteiger partial charge in [0.25, 0.3) is 5.91 Å². The molecule has 1 aromatic heterocycles. The minimum absolute atomic E-state index is 0.0981. The summed E-state index contributed by atoms with van der Waals surface area (Å²) in [6.07, 6.45) is 1.01. The molecule has 0 bridgehead atoms. The van der Waals surface area contributed by atoms with Crippen LogP contribution < -0.4 is 0 Å². The van der Waals surface area contributed by atoms with Crippen molar-refractivity contribution in [2.24, 2.45) is 0 Å². The summed E-state index contributed by atoms with van der Waals surface area (Å²) in [5, 5.41) is 0. The monoisotopic (exact) mass is 312 g/mol. The van der Waals surface area contributed by atoms with Crippen LogP contribution in [-0.4, -0.2) is 41.9 Å². The van der Waals surface area contributed by atoms with Crippen LogP contribution in [0.25, 0.3) is 0 Å². The normalized spacial score (nSPS) is 16.3. The van der Waals surface area contributed by atoms with Crippen molar-refractivity contribution in [2.75, 3.05) is 26.2 Å². The van der Waals surface area contributed by atoms with Gasteiger partial charge in [0.2, 0.25) is 0 Å². The minimum Gasteiger partial charge on any atom is -0.466 e. The molecule has 1 aliphatic heterocycles. The zero-order valence-corrected chi connectivity index (χ0v) is 13.9. The molecule has 0 unspecified atom stereocenters. The molecule has 0 atom stereocenters. The van der Waals surface area contributed by atoms with Crippen molar-refractivity contribution in [3.63, 3.8) is 0 Å². The average Bonchev–Trinajstić information content (AvgIpc) is 2.74. The molecular formula is C19H24N2O2. The van der Waals surface area contributed by atoms with Crippen molar-refractivity contribution in [1.82, 2.24) is 9.80 Å². The number of nitrogens with zero attached hydrogens (tertiary/aromatic N) is 2. The lowest BCUT2D eigenvalue weighted by Gasteiger charge is -2.22. The minimum atomic E-state index is 0.0981. The molecule has 1 aromatic carbocycles. The van der Waals surface area contributed by atoms with Gasteiger partial charge in [-0.15, -0.1) is 0 Å². The Kier molecular flexibility index (Phi) is 4.82. The maximum Gasteiger partial charge on any atom is 0.257 e. The van der Waals surface area contributed by atoms with Gasteiger partial charge in [0.05, 0.1) is 5.56 Å². The number of aryl methyl sites for hydroxylation is 2. The lowest BCUT2D eigenvalue weighted by molar-refractivity contribution is 0.0759. The van der Waals surface area contributed by atoms with Crippen LogP contribution in [0, 0.1) is 13.8 Å². The van der Waals surface area contributed by atoms with Crippen molar-refractivity contribution >= 4 is 5.91 Å². The first-order chi connectivity index (χ1) is 11.1. The third-order valence-electron chi connectivity index (χ3n) is 4.40. The largest absolute Gasteiger partial charge is 0.466 e. The lowest BCUT2D eigenvalue weighted by atomic mass is 10.2. The van der Waals surface area contributed by atoms with Crippen LogP contribution in [0.15, 0.2) is 40.8 Å². The van der Waals surface area contributed by atoms with Crippen LogP contribution in [0.3, 0.4) is 0 Å². The quantitative estimate of drug-likeness (QED) is 0.873. The lowest BCUT2D eigenvalue weighted by Crippen LogP contribution is -2.35. The highest BCUT2D eigenvalue weighted by atomic mass is 16.3. The molecule has 1 saturated heterocycles. The fourth-order valence-corrected chi connectivity index (χ4v) is 3.19. The Hall–Kier alpha value is -2.07. The number of hydrogen-bond acceptors (Lipinski definition) is 3. The van der Waals surface area contributed by atoms with E-state index in [1.165, 1.54) is 5.56 Å². The topological polar surface area (TPSA) is 36.7 Å². The third kappa shape index (κ3) is 3.82. The van der Waals surface area contributed by atoms with E-state index in [0.29, 0.717) is 5.56 Å². The highest BCUT2D eigenvalue weighted by Crippen LogP contribution is 2.17. The number of benzene rings is 1. The first-order valence-electron chi connectivity index (χ1n) is 8.26. The van der Waals surface area contributed by atoms with Gasteiger partial charge in [-0.3, -0.25) is 9.69 Å². The number of amides is 1. The van der Waals surface area contributed by atoms with Crippen LogP contribution in [0.2, 0.25) is 0 Å². The molecular weight excluding hydrogens is 288 g/mol. The van der Waals surface area contributed by atoms with Gasteiger partial charge in [0, 0.05) is 32.7 Å². The average molecular weight is 312 g/mol. The van der Waals surface area contributed by atoms with Crippen LogP contribution >= 0.6 is 0 Å². The van der Waals surface area contributed by atoms with Gasteiger partial charge in [0.1, 0.15) is 11.5 Å². The summed E-state index contributed by atoms with van der Waals surface area (Å²) < 4.78 is 5.50. The van der Waals surface area contributed by atoms with Crippen LogP contribution in [-0.2, 0) is 6.54 Å². The number of carbonyl (C=O) groups is 1. The summed E-state index contributed by atoms with van der Waals surface area (Å²) in [4.78, 5) is 17.1. The summed E-state index contributed by atoms with van der Waals surface area (Å²) in [5.74, 6) is 1.62. The molecule has 2 aromatic rings. The summed E-state index contributed by atoms with van der Waals surface area (Å²) in [6.45, 7) is 8.22. The summed E-state index contributed by atoms with van der Waals surface area (Å²) in [7, 11) is 0. The molecule has 1 fully saturated rings. The predicted octanol–water partition coefficient (Wildman–Crippen LogP) is 3.24. The van der Waals surface area contributed by atoms with Gasteiger partial charge in [-0.2, -0.15) is 0 Å². The van der Waals surface area contributed by atoms with Gasteiger partial charge < -0.3 is 9.32 Å². The third-order valence-corrected chi connectivity index (χ3v) is 4.40. The van der Waals surface area contributed by atoms with E-state index < -0.39 is 0 Å². The molecule has 1 amide bonds. The van der Waals surface area contributed by atoms with Gasteiger partial charge in [-0.25, -0.2) is 0 Å². The molecule has 23 heavy (non-hydrogen) atoms. The zero-order valence-electron chi connectivity index (χ0n) is 13.9. The Morgan fingerprint density at radius 3 is 2.57 bits per heavy atom. The van der Waals surface area contributed by atoms with Crippen molar-refractivity contribution in [3.8, 4) is 0 Å². The molecule has 0 aliphatic carbocycles. The van der Waals surface area contributed by atoms with Crippen molar-refractivity contribution < 1.29 is 9.21 Å². The molecule has 4 heteroatoms. The van der Waals surface area contributed by atoms with Gasteiger partial charge >= 0.3 is 0 Å². The summed E-state index contributed by atoms with van der Waals surface area (Å²) in [6, 6.07) is 12.4. The number of carbonyl (C=O) groups excluding carboxylic acids is 1. The van der Waals surface area contributed by atoms with E-state index in [2.05, 4.69) is 29.2 Å². The summed E-state index contributed by atoms with van der Waals surface area (Å²) in [5.41, 5.74) is 2.03.